The van der Waals surface area contributed by atoms with E-state index in [1.165, 1.54) is 32.2 Å². The van der Waals surface area contributed by atoms with Crippen molar-refractivity contribution in [2.24, 2.45) is 0 Å². The Hall–Kier alpha value is -3.69. The highest BCUT2D eigenvalue weighted by Gasteiger charge is 2.32. The van der Waals surface area contributed by atoms with Crippen LogP contribution in [0.3, 0.4) is 0 Å². The molecule has 1 aromatic carbocycles. The summed E-state index contributed by atoms with van der Waals surface area (Å²) in [6.07, 6.45) is 0. The van der Waals surface area contributed by atoms with Gasteiger partial charge in [0.1, 0.15) is 5.56 Å². The topological polar surface area (TPSA) is 145 Å². The fraction of sp³-hybridized carbons (Fsp3) is 0.188. The fourth-order valence-corrected chi connectivity index (χ4v) is 2.47. The Morgan fingerprint density at radius 2 is 1.96 bits per heavy atom. The van der Waals surface area contributed by atoms with Crippen LogP contribution in [-0.4, -0.2) is 47.4 Å². The highest BCUT2D eigenvalue weighted by atomic mass is 16.5. The van der Waals surface area contributed by atoms with Crippen LogP contribution in [0.2, 0.25) is 0 Å². The minimum absolute atomic E-state index is 0.0394. The summed E-state index contributed by atoms with van der Waals surface area (Å²) in [7, 11) is 1.38. The third-order valence-corrected chi connectivity index (χ3v) is 3.80. The molecule has 0 radical (unpaired) electrons. The van der Waals surface area contributed by atoms with Crippen LogP contribution < -0.4 is 11.1 Å². The molecule has 1 aliphatic rings. The lowest BCUT2D eigenvalue weighted by molar-refractivity contribution is -0.119. The van der Waals surface area contributed by atoms with Crippen molar-refractivity contribution in [1.82, 2.24) is 10.1 Å². The molecule has 0 bridgehead atoms. The Balaban J connectivity index is 1.64. The Bertz CT molecular complexity index is 929. The minimum Gasteiger partial charge on any atom is -0.452 e. The first-order valence-corrected chi connectivity index (χ1v) is 7.44. The average molecular weight is 358 g/mol. The van der Waals surface area contributed by atoms with E-state index in [2.05, 4.69) is 15.0 Å². The first-order valence-electron chi connectivity index (χ1n) is 7.44. The lowest BCUT2D eigenvalue weighted by atomic mass is 10.1. The number of anilines is 2. The Labute approximate surface area is 146 Å². The maximum Gasteiger partial charge on any atom is 0.346 e. The van der Waals surface area contributed by atoms with Gasteiger partial charge in [0.05, 0.1) is 16.8 Å². The number of aromatic nitrogens is 1. The SMILES string of the molecule is Cc1noc(N)c1C(=O)OCC(=O)Nc1ccc2c(c1)C(=O)N(C)C2=O. The molecule has 10 nitrogen and oxygen atoms in total. The molecule has 2 heterocycles. The monoisotopic (exact) mass is 358 g/mol. The van der Waals surface area contributed by atoms with Crippen molar-refractivity contribution < 1.29 is 28.4 Å². The Morgan fingerprint density at radius 1 is 1.27 bits per heavy atom. The van der Waals surface area contributed by atoms with Gasteiger partial charge in [0.15, 0.2) is 6.61 Å². The summed E-state index contributed by atoms with van der Waals surface area (Å²) in [5.74, 6) is -2.52. The van der Waals surface area contributed by atoms with E-state index in [0.29, 0.717) is 5.69 Å². The maximum absolute atomic E-state index is 12.0. The van der Waals surface area contributed by atoms with Crippen LogP contribution in [0.15, 0.2) is 22.7 Å². The number of benzene rings is 1. The molecule has 0 spiro atoms. The Kier molecular flexibility index (Phi) is 4.16. The molecule has 3 rings (SSSR count). The second kappa shape index (κ2) is 6.31. The number of aryl methyl sites for hydroxylation is 1. The van der Waals surface area contributed by atoms with Gasteiger partial charge in [-0.25, -0.2) is 4.79 Å². The molecule has 0 aliphatic carbocycles. The summed E-state index contributed by atoms with van der Waals surface area (Å²) in [5.41, 5.74) is 6.43. The van der Waals surface area contributed by atoms with E-state index in [0.717, 1.165) is 4.90 Å². The van der Waals surface area contributed by atoms with E-state index in [1.807, 2.05) is 0 Å². The summed E-state index contributed by atoms with van der Waals surface area (Å²) in [6, 6.07) is 4.31. The number of esters is 1. The minimum atomic E-state index is -0.840. The van der Waals surface area contributed by atoms with E-state index in [1.54, 1.807) is 0 Å². The Morgan fingerprint density at radius 3 is 2.62 bits per heavy atom. The van der Waals surface area contributed by atoms with Gasteiger partial charge in [-0.2, -0.15) is 0 Å². The highest BCUT2D eigenvalue weighted by Crippen LogP contribution is 2.24. The van der Waals surface area contributed by atoms with Crippen molar-refractivity contribution in [2.45, 2.75) is 6.92 Å². The number of nitrogens with one attached hydrogen (secondary N) is 1. The van der Waals surface area contributed by atoms with Crippen LogP contribution in [0.25, 0.3) is 0 Å². The van der Waals surface area contributed by atoms with Gasteiger partial charge in [0.25, 0.3) is 17.7 Å². The standard InChI is InChI=1S/C16H14N4O6/c1-7-12(13(17)26-19-7)16(24)25-6-11(21)18-8-3-4-9-10(5-8)15(23)20(2)14(9)22/h3-5H,6,17H2,1-2H3,(H,18,21). The van der Waals surface area contributed by atoms with Gasteiger partial charge >= 0.3 is 5.97 Å². The summed E-state index contributed by atoms with van der Waals surface area (Å²) < 4.78 is 9.52. The summed E-state index contributed by atoms with van der Waals surface area (Å²) in [5, 5.41) is 6.00. The lowest BCUT2D eigenvalue weighted by Crippen LogP contribution is -2.24. The third-order valence-electron chi connectivity index (χ3n) is 3.80. The molecule has 3 N–H and O–H groups in total. The van der Waals surface area contributed by atoms with Crippen molar-refractivity contribution in [3.8, 4) is 0 Å². The lowest BCUT2D eigenvalue weighted by Gasteiger charge is -2.07. The average Bonchev–Trinajstić information content (AvgIpc) is 3.05. The predicted molar refractivity (Wildman–Crippen MR) is 87.4 cm³/mol. The number of carbonyl (C=O) groups is 4. The van der Waals surface area contributed by atoms with Gasteiger partial charge in [-0.15, -0.1) is 0 Å². The molecule has 0 atom stereocenters. The maximum atomic E-state index is 12.0. The van der Waals surface area contributed by atoms with Crippen LogP contribution in [0, 0.1) is 6.92 Å². The smallest absolute Gasteiger partial charge is 0.346 e. The number of nitrogen functional groups attached to an aromatic ring is 1. The largest absolute Gasteiger partial charge is 0.452 e. The number of nitrogens with zero attached hydrogens (tertiary/aromatic N) is 2. The number of hydrogen-bond acceptors (Lipinski definition) is 8. The molecule has 2 aromatic rings. The molecule has 134 valence electrons. The van der Waals surface area contributed by atoms with Crippen molar-refractivity contribution in [3.63, 3.8) is 0 Å². The molecule has 0 saturated heterocycles. The number of rotatable bonds is 4. The van der Waals surface area contributed by atoms with Crippen molar-refractivity contribution in [3.05, 3.63) is 40.6 Å². The second-order valence-electron chi connectivity index (χ2n) is 5.56. The zero-order chi connectivity index (χ0) is 19.0. The number of hydrogen-bond donors (Lipinski definition) is 2. The van der Waals surface area contributed by atoms with E-state index < -0.39 is 30.3 Å². The third kappa shape index (κ3) is 2.88. The number of fused-ring (bicyclic) bond motifs is 1. The highest BCUT2D eigenvalue weighted by molar-refractivity contribution is 6.21. The first kappa shape index (κ1) is 17.1. The van der Waals surface area contributed by atoms with Crippen molar-refractivity contribution in [1.29, 1.82) is 0 Å². The molecule has 1 aliphatic heterocycles. The normalized spacial score (nSPS) is 12.9. The van der Waals surface area contributed by atoms with Gasteiger partial charge in [-0.1, -0.05) is 5.16 Å². The van der Waals surface area contributed by atoms with Crippen LogP contribution >= 0.6 is 0 Å². The predicted octanol–water partition coefficient (Wildman–Crippen LogP) is 0.587. The van der Waals surface area contributed by atoms with Crippen molar-refractivity contribution >= 4 is 35.3 Å². The van der Waals surface area contributed by atoms with Gasteiger partial charge in [-0.05, 0) is 25.1 Å². The van der Waals surface area contributed by atoms with Crippen molar-refractivity contribution in [2.75, 3.05) is 24.7 Å². The number of imide groups is 1. The van der Waals surface area contributed by atoms with E-state index in [9.17, 15) is 19.2 Å². The van der Waals surface area contributed by atoms with Gasteiger partial charge in [0, 0.05) is 12.7 Å². The first-order chi connectivity index (χ1) is 12.3. The van der Waals surface area contributed by atoms with Crippen LogP contribution in [0.1, 0.15) is 36.8 Å². The van der Waals surface area contributed by atoms with E-state index >= 15 is 0 Å². The molecule has 0 fully saturated rings. The summed E-state index contributed by atoms with van der Waals surface area (Å²) in [4.78, 5) is 48.6. The fourth-order valence-electron chi connectivity index (χ4n) is 2.47. The zero-order valence-electron chi connectivity index (χ0n) is 13.9. The van der Waals surface area contributed by atoms with E-state index in [-0.39, 0.29) is 28.3 Å². The molecule has 3 amide bonds. The van der Waals surface area contributed by atoms with Gasteiger partial charge < -0.3 is 20.3 Å². The molecule has 1 aromatic heterocycles. The molecule has 0 unspecified atom stereocenters. The summed E-state index contributed by atoms with van der Waals surface area (Å²) in [6.45, 7) is 0.934. The van der Waals surface area contributed by atoms with Gasteiger partial charge in [0.2, 0.25) is 5.88 Å². The summed E-state index contributed by atoms with van der Waals surface area (Å²) >= 11 is 0. The second-order valence-corrected chi connectivity index (χ2v) is 5.56. The molecule has 0 saturated carbocycles. The molecule has 10 heteroatoms. The zero-order valence-corrected chi connectivity index (χ0v) is 13.9. The van der Waals surface area contributed by atoms with Crippen LogP contribution in [0.4, 0.5) is 11.6 Å². The van der Waals surface area contributed by atoms with Crippen LogP contribution in [-0.2, 0) is 9.53 Å². The molecular formula is C16H14N4O6. The number of nitrogens with two attached hydrogens (primary N) is 1. The van der Waals surface area contributed by atoms with E-state index in [4.69, 9.17) is 10.5 Å². The number of amides is 3. The van der Waals surface area contributed by atoms with Crippen LogP contribution in [0.5, 0.6) is 0 Å². The quantitative estimate of drug-likeness (QED) is 0.596. The number of carbonyl (C=O) groups excluding carboxylic acids is 4. The molecule has 26 heavy (non-hydrogen) atoms. The number of ether oxygens (including phenoxy) is 1. The van der Waals surface area contributed by atoms with Gasteiger partial charge in [-0.3, -0.25) is 19.3 Å². The molecular weight excluding hydrogens is 344 g/mol.